The quantitative estimate of drug-likeness (QED) is 0.824. The SMILES string of the molecule is O=S(=O)(Nc1ccccc1)c1ccc(CCNC2CC2)s1. The Morgan fingerprint density at radius 2 is 1.86 bits per heavy atom. The molecule has 0 aliphatic heterocycles. The maximum absolute atomic E-state index is 12.3. The molecular formula is C15H18N2O2S2. The summed E-state index contributed by atoms with van der Waals surface area (Å²) in [5, 5.41) is 3.43. The van der Waals surface area contributed by atoms with Crippen molar-refractivity contribution in [2.75, 3.05) is 11.3 Å². The smallest absolute Gasteiger partial charge is 0.271 e. The molecule has 112 valence electrons. The topological polar surface area (TPSA) is 58.2 Å². The van der Waals surface area contributed by atoms with E-state index in [9.17, 15) is 8.42 Å². The number of hydrogen-bond donors (Lipinski definition) is 2. The monoisotopic (exact) mass is 322 g/mol. The molecule has 0 atom stereocenters. The largest absolute Gasteiger partial charge is 0.314 e. The third-order valence-corrected chi connectivity index (χ3v) is 6.33. The fourth-order valence-corrected chi connectivity index (χ4v) is 4.45. The lowest BCUT2D eigenvalue weighted by atomic mass is 10.3. The summed E-state index contributed by atoms with van der Waals surface area (Å²) in [5.74, 6) is 0. The lowest BCUT2D eigenvalue weighted by Crippen LogP contribution is -2.18. The Labute approximate surface area is 129 Å². The Morgan fingerprint density at radius 3 is 2.57 bits per heavy atom. The molecule has 2 N–H and O–H groups in total. The first kappa shape index (κ1) is 14.6. The molecule has 1 aromatic heterocycles. The van der Waals surface area contributed by atoms with Crippen molar-refractivity contribution in [3.63, 3.8) is 0 Å². The van der Waals surface area contributed by atoms with Gasteiger partial charge in [0.1, 0.15) is 4.21 Å². The lowest BCUT2D eigenvalue weighted by Gasteiger charge is -2.05. The van der Waals surface area contributed by atoms with Crippen LogP contribution in [-0.4, -0.2) is 21.0 Å². The molecule has 0 bridgehead atoms. The molecule has 2 aromatic rings. The average molecular weight is 322 g/mol. The second-order valence-electron chi connectivity index (χ2n) is 5.17. The minimum Gasteiger partial charge on any atom is -0.314 e. The molecule has 4 nitrogen and oxygen atoms in total. The summed E-state index contributed by atoms with van der Waals surface area (Å²) in [6, 6.07) is 13.2. The van der Waals surface area contributed by atoms with Crippen molar-refractivity contribution in [2.45, 2.75) is 29.5 Å². The van der Waals surface area contributed by atoms with E-state index < -0.39 is 10.0 Å². The zero-order chi connectivity index (χ0) is 14.7. The summed E-state index contributed by atoms with van der Waals surface area (Å²) in [4.78, 5) is 1.09. The number of para-hydroxylation sites is 1. The zero-order valence-electron chi connectivity index (χ0n) is 11.6. The van der Waals surface area contributed by atoms with Gasteiger partial charge in [0.15, 0.2) is 0 Å². The number of rotatable bonds is 7. The Morgan fingerprint density at radius 1 is 1.10 bits per heavy atom. The van der Waals surface area contributed by atoms with Crippen LogP contribution in [-0.2, 0) is 16.4 Å². The average Bonchev–Trinajstić information content (AvgIpc) is 3.15. The van der Waals surface area contributed by atoms with Gasteiger partial charge in [0.25, 0.3) is 10.0 Å². The molecule has 1 aromatic carbocycles. The molecule has 0 saturated heterocycles. The van der Waals surface area contributed by atoms with Crippen LogP contribution in [0, 0.1) is 0 Å². The van der Waals surface area contributed by atoms with E-state index in [1.54, 1.807) is 30.3 Å². The summed E-state index contributed by atoms with van der Waals surface area (Å²) in [7, 11) is -3.47. The molecule has 1 heterocycles. The van der Waals surface area contributed by atoms with Gasteiger partial charge in [-0.05, 0) is 43.5 Å². The van der Waals surface area contributed by atoms with Crippen LogP contribution in [0.25, 0.3) is 0 Å². The molecule has 3 rings (SSSR count). The molecule has 1 fully saturated rings. The zero-order valence-corrected chi connectivity index (χ0v) is 13.2. The second kappa shape index (κ2) is 6.17. The van der Waals surface area contributed by atoms with Crippen molar-refractivity contribution in [2.24, 2.45) is 0 Å². The van der Waals surface area contributed by atoms with E-state index >= 15 is 0 Å². The fraction of sp³-hybridized carbons (Fsp3) is 0.333. The molecule has 0 amide bonds. The lowest BCUT2D eigenvalue weighted by molar-refractivity contribution is 0.603. The molecule has 6 heteroatoms. The molecular weight excluding hydrogens is 304 g/mol. The van der Waals surface area contributed by atoms with Crippen LogP contribution in [0.3, 0.4) is 0 Å². The molecule has 0 unspecified atom stereocenters. The normalized spacial score (nSPS) is 15.0. The van der Waals surface area contributed by atoms with Gasteiger partial charge in [-0.1, -0.05) is 18.2 Å². The highest BCUT2D eigenvalue weighted by Crippen LogP contribution is 2.24. The van der Waals surface area contributed by atoms with Crippen molar-refractivity contribution in [3.8, 4) is 0 Å². The van der Waals surface area contributed by atoms with Crippen LogP contribution in [0.1, 0.15) is 17.7 Å². The van der Waals surface area contributed by atoms with Crippen molar-refractivity contribution >= 4 is 27.0 Å². The van der Waals surface area contributed by atoms with Crippen LogP contribution in [0.4, 0.5) is 5.69 Å². The third kappa shape index (κ3) is 4.06. The highest BCUT2D eigenvalue weighted by Gasteiger charge is 2.20. The van der Waals surface area contributed by atoms with Gasteiger partial charge in [-0.3, -0.25) is 4.72 Å². The first-order chi connectivity index (χ1) is 10.1. The number of hydrogen-bond acceptors (Lipinski definition) is 4. The minimum atomic E-state index is -3.47. The van der Waals surface area contributed by atoms with Crippen molar-refractivity contribution < 1.29 is 8.42 Å². The third-order valence-electron chi connectivity index (χ3n) is 3.31. The van der Waals surface area contributed by atoms with E-state index in [4.69, 9.17) is 0 Å². The highest BCUT2D eigenvalue weighted by molar-refractivity contribution is 7.94. The van der Waals surface area contributed by atoms with Gasteiger partial charge in [-0.15, -0.1) is 11.3 Å². The molecule has 1 aliphatic rings. The maximum atomic E-state index is 12.3. The van der Waals surface area contributed by atoms with E-state index in [0.717, 1.165) is 17.8 Å². The van der Waals surface area contributed by atoms with Crippen LogP contribution < -0.4 is 10.0 Å². The number of nitrogens with one attached hydrogen (secondary N) is 2. The predicted molar refractivity (Wildman–Crippen MR) is 86.3 cm³/mol. The second-order valence-corrected chi connectivity index (χ2v) is 8.25. The van der Waals surface area contributed by atoms with Gasteiger partial charge >= 0.3 is 0 Å². The first-order valence-corrected chi connectivity index (χ1v) is 9.33. The van der Waals surface area contributed by atoms with Crippen LogP contribution in [0.5, 0.6) is 0 Å². The molecule has 0 spiro atoms. The Bertz CT molecular complexity index is 691. The predicted octanol–water partition coefficient (Wildman–Crippen LogP) is 2.84. The Hall–Kier alpha value is -1.37. The van der Waals surface area contributed by atoms with Crippen LogP contribution in [0.15, 0.2) is 46.7 Å². The maximum Gasteiger partial charge on any atom is 0.271 e. The number of thiophene rings is 1. The molecule has 21 heavy (non-hydrogen) atoms. The van der Waals surface area contributed by atoms with E-state index in [0.29, 0.717) is 15.9 Å². The Balaban J connectivity index is 1.63. The minimum absolute atomic E-state index is 0.368. The van der Waals surface area contributed by atoms with Gasteiger partial charge < -0.3 is 5.32 Å². The number of sulfonamides is 1. The molecule has 0 radical (unpaired) electrons. The van der Waals surface area contributed by atoms with Gasteiger partial charge in [-0.2, -0.15) is 0 Å². The standard InChI is InChI=1S/C15H18N2O2S2/c18-21(19,17-13-4-2-1-3-5-13)15-9-8-14(20-15)10-11-16-12-6-7-12/h1-5,8-9,12,16-17H,6-7,10-11H2. The van der Waals surface area contributed by atoms with Gasteiger partial charge in [0.2, 0.25) is 0 Å². The van der Waals surface area contributed by atoms with E-state index in [1.165, 1.54) is 24.2 Å². The highest BCUT2D eigenvalue weighted by atomic mass is 32.2. The van der Waals surface area contributed by atoms with Gasteiger partial charge in [0, 0.05) is 23.2 Å². The van der Waals surface area contributed by atoms with Crippen LogP contribution >= 0.6 is 11.3 Å². The van der Waals surface area contributed by atoms with Gasteiger partial charge in [0.05, 0.1) is 0 Å². The summed E-state index contributed by atoms with van der Waals surface area (Å²) in [5.41, 5.74) is 0.586. The number of anilines is 1. The van der Waals surface area contributed by atoms with E-state index in [1.807, 2.05) is 12.1 Å². The van der Waals surface area contributed by atoms with Crippen molar-refractivity contribution in [3.05, 3.63) is 47.3 Å². The summed E-state index contributed by atoms with van der Waals surface area (Å²) >= 11 is 1.34. The molecule has 1 aliphatic carbocycles. The summed E-state index contributed by atoms with van der Waals surface area (Å²) in [6.07, 6.45) is 3.41. The molecule has 1 saturated carbocycles. The van der Waals surface area contributed by atoms with E-state index in [2.05, 4.69) is 10.0 Å². The van der Waals surface area contributed by atoms with Crippen LogP contribution in [0.2, 0.25) is 0 Å². The van der Waals surface area contributed by atoms with Gasteiger partial charge in [-0.25, -0.2) is 8.42 Å². The van der Waals surface area contributed by atoms with E-state index in [-0.39, 0.29) is 0 Å². The van der Waals surface area contributed by atoms with Crippen molar-refractivity contribution in [1.29, 1.82) is 0 Å². The first-order valence-electron chi connectivity index (χ1n) is 7.03. The van der Waals surface area contributed by atoms with Crippen molar-refractivity contribution in [1.82, 2.24) is 5.32 Å². The summed E-state index contributed by atoms with van der Waals surface area (Å²) in [6.45, 7) is 0.913. The summed E-state index contributed by atoms with van der Waals surface area (Å²) < 4.78 is 27.5. The number of benzene rings is 1. The fourth-order valence-electron chi connectivity index (χ4n) is 2.04. The Kier molecular flexibility index (Phi) is 4.28.